The molecule has 3 heteroatoms. The van der Waals surface area contributed by atoms with Crippen LogP contribution < -0.4 is 10.1 Å². The van der Waals surface area contributed by atoms with Gasteiger partial charge in [-0.05, 0) is 55.3 Å². The Morgan fingerprint density at radius 2 is 1.68 bits per heavy atom. The minimum Gasteiger partial charge on any atom is -0.489 e. The highest BCUT2D eigenvalue weighted by molar-refractivity contribution is 6.30. The van der Waals surface area contributed by atoms with Crippen LogP contribution in [0.3, 0.4) is 0 Å². The van der Waals surface area contributed by atoms with E-state index < -0.39 is 0 Å². The first-order valence-electron chi connectivity index (χ1n) is 8.37. The summed E-state index contributed by atoms with van der Waals surface area (Å²) in [4.78, 5) is 0. The zero-order valence-corrected chi connectivity index (χ0v) is 15.3. The molecule has 0 aliphatic carbocycles. The average molecular weight is 352 g/mol. The molecule has 0 fully saturated rings. The van der Waals surface area contributed by atoms with Crippen LogP contribution in [0.25, 0.3) is 0 Å². The topological polar surface area (TPSA) is 21.3 Å². The highest BCUT2D eigenvalue weighted by atomic mass is 35.5. The fourth-order valence-corrected chi connectivity index (χ4v) is 2.82. The standard InChI is InChI=1S/C22H22ClNO/c1-16-6-8-18(9-7-16)15-25-22-11-10-20(23)13-19(22)14-24-21-5-3-4-17(2)12-21/h3-13,24H,14-15H2,1-2H3. The van der Waals surface area contributed by atoms with E-state index in [0.29, 0.717) is 18.2 Å². The molecule has 128 valence electrons. The molecular weight excluding hydrogens is 330 g/mol. The SMILES string of the molecule is Cc1ccc(COc2ccc(Cl)cc2CNc2cccc(C)c2)cc1. The van der Waals surface area contributed by atoms with Gasteiger partial charge in [0.2, 0.25) is 0 Å². The molecule has 3 aromatic rings. The average Bonchev–Trinajstić information content (AvgIpc) is 2.60. The van der Waals surface area contributed by atoms with Gasteiger partial charge in [-0.2, -0.15) is 0 Å². The molecule has 0 aliphatic rings. The Morgan fingerprint density at radius 1 is 0.880 bits per heavy atom. The smallest absolute Gasteiger partial charge is 0.124 e. The number of hydrogen-bond donors (Lipinski definition) is 1. The number of anilines is 1. The van der Waals surface area contributed by atoms with Crippen LogP contribution in [0.5, 0.6) is 5.75 Å². The van der Waals surface area contributed by atoms with Crippen LogP contribution in [0.4, 0.5) is 5.69 Å². The molecule has 0 atom stereocenters. The molecule has 25 heavy (non-hydrogen) atoms. The van der Waals surface area contributed by atoms with Gasteiger partial charge in [-0.3, -0.25) is 0 Å². The zero-order chi connectivity index (χ0) is 17.6. The van der Waals surface area contributed by atoms with E-state index in [1.165, 1.54) is 11.1 Å². The molecule has 0 aliphatic heterocycles. The second-order valence-corrected chi connectivity index (χ2v) is 6.69. The largest absolute Gasteiger partial charge is 0.489 e. The van der Waals surface area contributed by atoms with E-state index >= 15 is 0 Å². The molecular formula is C22H22ClNO. The van der Waals surface area contributed by atoms with Crippen molar-refractivity contribution in [2.24, 2.45) is 0 Å². The normalized spacial score (nSPS) is 10.5. The second-order valence-electron chi connectivity index (χ2n) is 6.25. The molecule has 0 saturated carbocycles. The number of aryl methyl sites for hydroxylation is 2. The summed E-state index contributed by atoms with van der Waals surface area (Å²) < 4.78 is 6.03. The molecule has 1 N–H and O–H groups in total. The third kappa shape index (κ3) is 5.01. The quantitative estimate of drug-likeness (QED) is 0.575. The fraction of sp³-hybridized carbons (Fsp3) is 0.182. The summed E-state index contributed by atoms with van der Waals surface area (Å²) in [6, 6.07) is 22.4. The highest BCUT2D eigenvalue weighted by Gasteiger charge is 2.06. The van der Waals surface area contributed by atoms with Crippen molar-refractivity contribution in [3.05, 3.63) is 94.0 Å². The van der Waals surface area contributed by atoms with Crippen LogP contribution in [-0.4, -0.2) is 0 Å². The van der Waals surface area contributed by atoms with Crippen molar-refractivity contribution in [1.29, 1.82) is 0 Å². The van der Waals surface area contributed by atoms with E-state index in [0.717, 1.165) is 22.6 Å². The third-order valence-electron chi connectivity index (χ3n) is 4.04. The van der Waals surface area contributed by atoms with Crippen LogP contribution in [-0.2, 0) is 13.2 Å². The Hall–Kier alpha value is -2.45. The number of benzene rings is 3. The lowest BCUT2D eigenvalue weighted by molar-refractivity contribution is 0.303. The predicted molar refractivity (Wildman–Crippen MR) is 105 cm³/mol. The molecule has 0 radical (unpaired) electrons. The van der Waals surface area contributed by atoms with E-state index in [1.54, 1.807) is 0 Å². The van der Waals surface area contributed by atoms with Crippen LogP contribution in [0, 0.1) is 13.8 Å². The van der Waals surface area contributed by atoms with E-state index in [4.69, 9.17) is 16.3 Å². The number of hydrogen-bond acceptors (Lipinski definition) is 2. The van der Waals surface area contributed by atoms with Crippen LogP contribution >= 0.6 is 11.6 Å². The Bertz CT molecular complexity index is 843. The van der Waals surface area contributed by atoms with Gasteiger partial charge in [0.05, 0.1) is 0 Å². The van der Waals surface area contributed by atoms with Crippen molar-refractivity contribution in [3.63, 3.8) is 0 Å². The number of ether oxygens (including phenoxy) is 1. The van der Waals surface area contributed by atoms with Crippen molar-refractivity contribution in [1.82, 2.24) is 0 Å². The highest BCUT2D eigenvalue weighted by Crippen LogP contribution is 2.25. The lowest BCUT2D eigenvalue weighted by atomic mass is 10.1. The molecule has 3 rings (SSSR count). The Morgan fingerprint density at radius 3 is 2.44 bits per heavy atom. The maximum Gasteiger partial charge on any atom is 0.124 e. The van der Waals surface area contributed by atoms with Gasteiger partial charge in [0, 0.05) is 22.8 Å². The third-order valence-corrected chi connectivity index (χ3v) is 4.27. The van der Waals surface area contributed by atoms with Crippen molar-refractivity contribution < 1.29 is 4.74 Å². The minimum absolute atomic E-state index is 0.541. The first kappa shape index (κ1) is 17.4. The summed E-state index contributed by atoms with van der Waals surface area (Å²) in [5, 5.41) is 4.15. The monoisotopic (exact) mass is 351 g/mol. The summed E-state index contributed by atoms with van der Waals surface area (Å²) in [5.41, 5.74) is 5.76. The summed E-state index contributed by atoms with van der Waals surface area (Å²) in [5.74, 6) is 0.852. The Kier molecular flexibility index (Phi) is 5.62. The maximum absolute atomic E-state index is 6.18. The maximum atomic E-state index is 6.18. The first-order valence-corrected chi connectivity index (χ1v) is 8.75. The molecule has 0 heterocycles. The van der Waals surface area contributed by atoms with Crippen LogP contribution in [0.1, 0.15) is 22.3 Å². The molecule has 0 bridgehead atoms. The molecule has 0 amide bonds. The Labute approximate surface area is 154 Å². The van der Waals surface area contributed by atoms with Crippen molar-refractivity contribution >= 4 is 17.3 Å². The molecule has 0 saturated heterocycles. The van der Waals surface area contributed by atoms with E-state index in [9.17, 15) is 0 Å². The summed E-state index contributed by atoms with van der Waals surface area (Å²) in [6.07, 6.45) is 0. The van der Waals surface area contributed by atoms with Crippen molar-refractivity contribution in [3.8, 4) is 5.75 Å². The molecule has 2 nitrogen and oxygen atoms in total. The molecule has 3 aromatic carbocycles. The predicted octanol–water partition coefficient (Wildman–Crippen LogP) is 6.15. The number of halogens is 1. The lowest BCUT2D eigenvalue weighted by Crippen LogP contribution is -2.04. The molecule has 0 unspecified atom stereocenters. The fourth-order valence-electron chi connectivity index (χ4n) is 2.62. The minimum atomic E-state index is 0.541. The Balaban J connectivity index is 1.70. The van der Waals surface area contributed by atoms with Crippen molar-refractivity contribution in [2.75, 3.05) is 5.32 Å². The van der Waals surface area contributed by atoms with Gasteiger partial charge in [-0.15, -0.1) is 0 Å². The van der Waals surface area contributed by atoms with E-state index in [1.807, 2.05) is 24.3 Å². The first-order chi connectivity index (χ1) is 12.1. The van der Waals surface area contributed by atoms with Crippen molar-refractivity contribution in [2.45, 2.75) is 27.0 Å². The van der Waals surface area contributed by atoms with Gasteiger partial charge in [0.15, 0.2) is 0 Å². The van der Waals surface area contributed by atoms with Gasteiger partial charge < -0.3 is 10.1 Å². The van der Waals surface area contributed by atoms with E-state index in [-0.39, 0.29) is 0 Å². The van der Waals surface area contributed by atoms with Gasteiger partial charge in [0.1, 0.15) is 12.4 Å². The van der Waals surface area contributed by atoms with Gasteiger partial charge in [0.25, 0.3) is 0 Å². The summed E-state index contributed by atoms with van der Waals surface area (Å²) in [6.45, 7) is 5.37. The van der Waals surface area contributed by atoms with Gasteiger partial charge in [-0.1, -0.05) is 53.6 Å². The van der Waals surface area contributed by atoms with Crippen LogP contribution in [0.15, 0.2) is 66.7 Å². The summed E-state index contributed by atoms with van der Waals surface area (Å²) in [7, 11) is 0. The van der Waals surface area contributed by atoms with Crippen LogP contribution in [0.2, 0.25) is 5.02 Å². The molecule has 0 spiro atoms. The van der Waals surface area contributed by atoms with E-state index in [2.05, 4.69) is 61.6 Å². The zero-order valence-electron chi connectivity index (χ0n) is 14.6. The van der Waals surface area contributed by atoms with Gasteiger partial charge in [-0.25, -0.2) is 0 Å². The number of nitrogens with one attached hydrogen (secondary N) is 1. The molecule has 0 aromatic heterocycles. The van der Waals surface area contributed by atoms with Gasteiger partial charge >= 0.3 is 0 Å². The second kappa shape index (κ2) is 8.09. The lowest BCUT2D eigenvalue weighted by Gasteiger charge is -2.14. The number of rotatable bonds is 6. The summed E-state index contributed by atoms with van der Waals surface area (Å²) >= 11 is 6.18.